The van der Waals surface area contributed by atoms with Crippen molar-refractivity contribution in [2.24, 2.45) is 5.92 Å². The highest BCUT2D eigenvalue weighted by Gasteiger charge is 2.07. The average Bonchev–Trinajstić information content (AvgIpc) is 2.24. The molecule has 2 N–H and O–H groups in total. The van der Waals surface area contributed by atoms with Crippen LogP contribution in [-0.4, -0.2) is 18.5 Å². The van der Waals surface area contributed by atoms with E-state index in [2.05, 4.69) is 38.8 Å². The summed E-state index contributed by atoms with van der Waals surface area (Å²) in [4.78, 5) is 2.37. The van der Waals surface area contributed by atoms with E-state index in [0.29, 0.717) is 0 Å². The van der Waals surface area contributed by atoms with Gasteiger partial charge in [0.25, 0.3) is 0 Å². The largest absolute Gasteiger partial charge is 0.399 e. The highest BCUT2D eigenvalue weighted by Crippen LogP contribution is 2.17. The summed E-state index contributed by atoms with van der Waals surface area (Å²) >= 11 is 0. The fourth-order valence-corrected chi connectivity index (χ4v) is 1.89. The maximum atomic E-state index is 5.91. The van der Waals surface area contributed by atoms with Gasteiger partial charge in [0, 0.05) is 18.8 Å². The van der Waals surface area contributed by atoms with Crippen LogP contribution >= 0.6 is 0 Å². The van der Waals surface area contributed by atoms with E-state index >= 15 is 0 Å². The van der Waals surface area contributed by atoms with Crippen molar-refractivity contribution in [3.8, 4) is 0 Å². The predicted octanol–water partition coefficient (Wildman–Crippen LogP) is 3.06. The molecule has 0 heterocycles. The van der Waals surface area contributed by atoms with E-state index < -0.39 is 0 Å². The Morgan fingerprint density at radius 2 is 2.06 bits per heavy atom. The van der Waals surface area contributed by atoms with E-state index in [-0.39, 0.29) is 0 Å². The van der Waals surface area contributed by atoms with Crippen molar-refractivity contribution in [3.05, 3.63) is 29.3 Å². The second-order valence-electron chi connectivity index (χ2n) is 4.84. The molecule has 2 heteroatoms. The summed E-state index contributed by atoms with van der Waals surface area (Å²) in [5.74, 6) is 0.756. The Labute approximate surface area is 99.5 Å². The summed E-state index contributed by atoms with van der Waals surface area (Å²) in [6, 6.07) is 6.17. The van der Waals surface area contributed by atoms with Crippen LogP contribution in [0.25, 0.3) is 0 Å². The van der Waals surface area contributed by atoms with Crippen LogP contribution in [-0.2, 0) is 6.54 Å². The molecule has 1 aromatic carbocycles. The van der Waals surface area contributed by atoms with Crippen molar-refractivity contribution in [2.75, 3.05) is 19.3 Å². The Morgan fingerprint density at radius 3 is 2.69 bits per heavy atom. The SMILES string of the molecule is CCC(C)CN(C)Cc1cccc(N)c1C. The van der Waals surface area contributed by atoms with E-state index in [1.807, 2.05) is 12.1 Å². The van der Waals surface area contributed by atoms with Crippen molar-refractivity contribution in [2.45, 2.75) is 33.7 Å². The number of anilines is 1. The Morgan fingerprint density at radius 1 is 1.38 bits per heavy atom. The fourth-order valence-electron chi connectivity index (χ4n) is 1.89. The maximum Gasteiger partial charge on any atom is 0.0346 e. The minimum absolute atomic E-state index is 0.756. The normalized spacial score (nSPS) is 13.1. The van der Waals surface area contributed by atoms with Crippen LogP contribution in [0.2, 0.25) is 0 Å². The van der Waals surface area contributed by atoms with Crippen molar-refractivity contribution in [1.82, 2.24) is 4.90 Å². The van der Waals surface area contributed by atoms with E-state index in [1.165, 1.54) is 17.5 Å². The van der Waals surface area contributed by atoms with E-state index in [1.54, 1.807) is 0 Å². The minimum atomic E-state index is 0.756. The number of nitrogens with two attached hydrogens (primary N) is 1. The molecule has 0 aliphatic carbocycles. The number of hydrogen-bond acceptors (Lipinski definition) is 2. The van der Waals surface area contributed by atoms with Crippen molar-refractivity contribution < 1.29 is 0 Å². The zero-order valence-electron chi connectivity index (χ0n) is 11.0. The van der Waals surface area contributed by atoms with Crippen LogP contribution in [0.1, 0.15) is 31.4 Å². The van der Waals surface area contributed by atoms with Crippen LogP contribution < -0.4 is 5.73 Å². The first-order chi connectivity index (χ1) is 7.54. The molecule has 0 saturated heterocycles. The van der Waals surface area contributed by atoms with Crippen LogP contribution in [0.15, 0.2) is 18.2 Å². The highest BCUT2D eigenvalue weighted by atomic mass is 15.1. The molecule has 0 radical (unpaired) electrons. The van der Waals surface area contributed by atoms with Crippen LogP contribution in [0.3, 0.4) is 0 Å². The molecule has 1 aromatic rings. The first-order valence-corrected chi connectivity index (χ1v) is 6.07. The molecular weight excluding hydrogens is 196 g/mol. The standard InChI is InChI=1S/C14H24N2/c1-5-11(2)9-16(4)10-13-7-6-8-14(15)12(13)3/h6-8,11H,5,9-10,15H2,1-4H3. The summed E-state index contributed by atoms with van der Waals surface area (Å²) in [7, 11) is 2.18. The van der Waals surface area contributed by atoms with Crippen molar-refractivity contribution in [1.29, 1.82) is 0 Å². The lowest BCUT2D eigenvalue weighted by atomic mass is 10.1. The number of benzene rings is 1. The molecule has 1 rings (SSSR count). The summed E-state index contributed by atoms with van der Waals surface area (Å²) in [5, 5.41) is 0. The fraction of sp³-hybridized carbons (Fsp3) is 0.571. The second kappa shape index (κ2) is 5.90. The zero-order chi connectivity index (χ0) is 12.1. The molecule has 90 valence electrons. The van der Waals surface area contributed by atoms with Crippen LogP contribution in [0.4, 0.5) is 5.69 Å². The molecule has 0 fully saturated rings. The summed E-state index contributed by atoms with van der Waals surface area (Å²) < 4.78 is 0. The Bertz CT molecular complexity index is 334. The summed E-state index contributed by atoms with van der Waals surface area (Å²) in [6.45, 7) is 8.76. The molecule has 0 saturated carbocycles. The molecule has 0 spiro atoms. The molecule has 0 aromatic heterocycles. The lowest BCUT2D eigenvalue weighted by molar-refractivity contribution is 0.275. The van der Waals surface area contributed by atoms with Crippen molar-refractivity contribution >= 4 is 5.69 Å². The van der Waals surface area contributed by atoms with Gasteiger partial charge in [-0.1, -0.05) is 32.4 Å². The first-order valence-electron chi connectivity index (χ1n) is 6.07. The second-order valence-corrected chi connectivity index (χ2v) is 4.84. The maximum absolute atomic E-state index is 5.91. The third-order valence-electron chi connectivity index (χ3n) is 3.25. The third kappa shape index (κ3) is 3.53. The molecule has 1 unspecified atom stereocenters. The molecule has 0 bridgehead atoms. The lowest BCUT2D eigenvalue weighted by Gasteiger charge is -2.21. The first kappa shape index (κ1) is 13.0. The average molecular weight is 220 g/mol. The Kier molecular flexibility index (Phi) is 4.81. The lowest BCUT2D eigenvalue weighted by Crippen LogP contribution is -2.24. The van der Waals surface area contributed by atoms with Gasteiger partial charge >= 0.3 is 0 Å². The zero-order valence-corrected chi connectivity index (χ0v) is 11.0. The molecule has 2 nitrogen and oxygen atoms in total. The minimum Gasteiger partial charge on any atom is -0.399 e. The molecule has 1 atom stereocenters. The number of nitrogen functional groups attached to an aromatic ring is 1. The van der Waals surface area contributed by atoms with Gasteiger partial charge in [-0.3, -0.25) is 0 Å². The van der Waals surface area contributed by atoms with Gasteiger partial charge in [0.15, 0.2) is 0 Å². The van der Waals surface area contributed by atoms with Gasteiger partial charge in [-0.15, -0.1) is 0 Å². The van der Waals surface area contributed by atoms with E-state index in [4.69, 9.17) is 5.73 Å². The monoisotopic (exact) mass is 220 g/mol. The van der Waals surface area contributed by atoms with Gasteiger partial charge in [-0.05, 0) is 37.1 Å². The summed E-state index contributed by atoms with van der Waals surface area (Å²) in [5.41, 5.74) is 9.36. The Balaban J connectivity index is 2.62. The smallest absolute Gasteiger partial charge is 0.0346 e. The molecule has 0 amide bonds. The van der Waals surface area contributed by atoms with Gasteiger partial charge in [0.05, 0.1) is 0 Å². The quantitative estimate of drug-likeness (QED) is 0.773. The molecule has 0 aliphatic heterocycles. The van der Waals surface area contributed by atoms with Gasteiger partial charge in [-0.2, -0.15) is 0 Å². The highest BCUT2D eigenvalue weighted by molar-refractivity contribution is 5.49. The van der Waals surface area contributed by atoms with E-state index in [0.717, 1.165) is 24.7 Å². The summed E-state index contributed by atoms with van der Waals surface area (Å²) in [6.07, 6.45) is 1.24. The molecule has 0 aliphatic rings. The predicted molar refractivity (Wildman–Crippen MR) is 71.4 cm³/mol. The van der Waals surface area contributed by atoms with Crippen LogP contribution in [0, 0.1) is 12.8 Å². The third-order valence-corrected chi connectivity index (χ3v) is 3.25. The number of hydrogen-bond donors (Lipinski definition) is 1. The van der Waals surface area contributed by atoms with Crippen molar-refractivity contribution in [3.63, 3.8) is 0 Å². The topological polar surface area (TPSA) is 29.3 Å². The van der Waals surface area contributed by atoms with Gasteiger partial charge in [0.2, 0.25) is 0 Å². The Hall–Kier alpha value is -1.02. The van der Waals surface area contributed by atoms with E-state index in [9.17, 15) is 0 Å². The van der Waals surface area contributed by atoms with Gasteiger partial charge in [0.1, 0.15) is 0 Å². The number of nitrogens with zero attached hydrogens (tertiary/aromatic N) is 1. The molecule has 16 heavy (non-hydrogen) atoms. The van der Waals surface area contributed by atoms with Gasteiger partial charge < -0.3 is 10.6 Å². The number of rotatable bonds is 5. The van der Waals surface area contributed by atoms with Crippen LogP contribution in [0.5, 0.6) is 0 Å². The van der Waals surface area contributed by atoms with Gasteiger partial charge in [-0.25, -0.2) is 0 Å². The molecular formula is C14H24N2.